The van der Waals surface area contributed by atoms with E-state index in [9.17, 15) is 9.18 Å². The number of hydrogen-bond acceptors (Lipinski definition) is 3. The number of halogens is 1. The van der Waals surface area contributed by atoms with Crippen LogP contribution >= 0.6 is 0 Å². The molecule has 0 radical (unpaired) electrons. The smallest absolute Gasteiger partial charge is 0.427 e. The van der Waals surface area contributed by atoms with Crippen molar-refractivity contribution in [3.05, 3.63) is 35.6 Å². The number of carbonyl (C=O) groups is 1. The van der Waals surface area contributed by atoms with Gasteiger partial charge in [-0.05, 0) is 31.5 Å². The van der Waals surface area contributed by atoms with Crippen molar-refractivity contribution >= 4 is 11.8 Å². The van der Waals surface area contributed by atoms with Gasteiger partial charge >= 0.3 is 6.09 Å². The summed E-state index contributed by atoms with van der Waals surface area (Å²) >= 11 is 0. The molecular weight excluding hydrogens is 211 g/mol. The molecule has 16 heavy (non-hydrogen) atoms. The van der Waals surface area contributed by atoms with Gasteiger partial charge in [-0.15, -0.1) is 0 Å². The van der Waals surface area contributed by atoms with Crippen LogP contribution < -0.4 is 5.43 Å². The summed E-state index contributed by atoms with van der Waals surface area (Å²) in [5.74, 6) is -0.310. The summed E-state index contributed by atoms with van der Waals surface area (Å²) in [6, 6.07) is 5.83. The van der Waals surface area contributed by atoms with Crippen LogP contribution in [0.15, 0.2) is 29.4 Å². The molecule has 1 rings (SSSR count). The van der Waals surface area contributed by atoms with Gasteiger partial charge in [0, 0.05) is 0 Å². The first-order chi connectivity index (χ1) is 7.63. The van der Waals surface area contributed by atoms with Gasteiger partial charge in [0.15, 0.2) is 0 Å². The molecule has 0 atom stereocenters. The molecule has 0 fully saturated rings. The molecule has 0 unspecified atom stereocenters. The maximum absolute atomic E-state index is 12.6. The van der Waals surface area contributed by atoms with Gasteiger partial charge in [0.2, 0.25) is 0 Å². The van der Waals surface area contributed by atoms with Gasteiger partial charge in [-0.2, -0.15) is 5.10 Å². The summed E-state index contributed by atoms with van der Waals surface area (Å²) in [6.07, 6.45) is -0.607. The fourth-order valence-corrected chi connectivity index (χ4v) is 1.05. The molecule has 0 saturated heterocycles. The van der Waals surface area contributed by atoms with E-state index >= 15 is 0 Å². The second-order valence-electron chi connectivity index (χ2n) is 3.04. The fraction of sp³-hybridized carbons (Fsp3) is 0.273. The molecule has 0 aliphatic carbocycles. The number of ether oxygens (including phenoxy) is 1. The van der Waals surface area contributed by atoms with Crippen molar-refractivity contribution in [3.63, 3.8) is 0 Å². The lowest BCUT2D eigenvalue weighted by Gasteiger charge is -2.02. The van der Waals surface area contributed by atoms with Crippen LogP contribution in [0.25, 0.3) is 0 Å². The number of hydrogen-bond donors (Lipinski definition) is 1. The minimum atomic E-state index is -0.607. The summed E-state index contributed by atoms with van der Waals surface area (Å²) in [5.41, 5.74) is 3.54. The highest BCUT2D eigenvalue weighted by Crippen LogP contribution is 2.03. The molecule has 1 aromatic rings. The largest absolute Gasteiger partial charge is 0.449 e. The van der Waals surface area contributed by atoms with Gasteiger partial charge in [0.25, 0.3) is 0 Å². The van der Waals surface area contributed by atoms with E-state index < -0.39 is 6.09 Å². The van der Waals surface area contributed by atoms with Gasteiger partial charge in [-0.25, -0.2) is 14.6 Å². The van der Waals surface area contributed by atoms with E-state index in [2.05, 4.69) is 15.3 Å². The van der Waals surface area contributed by atoms with E-state index in [0.29, 0.717) is 5.71 Å². The standard InChI is InChI=1S/C11H13FN2O2/c1-3-16-11(15)14-13-8(2)9-4-6-10(12)7-5-9/h4-7H,3H2,1-2H3,(H,14,15). The number of amides is 1. The van der Waals surface area contributed by atoms with Gasteiger partial charge in [-0.1, -0.05) is 12.1 Å². The van der Waals surface area contributed by atoms with Gasteiger partial charge in [0.05, 0.1) is 12.3 Å². The van der Waals surface area contributed by atoms with Crippen LogP contribution in [0.3, 0.4) is 0 Å². The molecule has 5 heteroatoms. The van der Waals surface area contributed by atoms with E-state index in [1.807, 2.05) is 0 Å². The molecule has 0 saturated carbocycles. The van der Waals surface area contributed by atoms with Crippen LogP contribution in [-0.4, -0.2) is 18.4 Å². The number of hydrazone groups is 1. The Labute approximate surface area is 93.1 Å². The Morgan fingerprint density at radius 1 is 1.44 bits per heavy atom. The van der Waals surface area contributed by atoms with Crippen LogP contribution in [0.5, 0.6) is 0 Å². The number of nitrogens with one attached hydrogen (secondary N) is 1. The van der Waals surface area contributed by atoms with Crippen molar-refractivity contribution in [2.45, 2.75) is 13.8 Å². The summed E-state index contributed by atoms with van der Waals surface area (Å²) < 4.78 is 17.3. The lowest BCUT2D eigenvalue weighted by Crippen LogP contribution is -2.20. The maximum Gasteiger partial charge on any atom is 0.427 e. The molecule has 1 aromatic carbocycles. The third kappa shape index (κ3) is 3.68. The Kier molecular flexibility index (Phi) is 4.44. The quantitative estimate of drug-likeness (QED) is 0.632. The van der Waals surface area contributed by atoms with Crippen LogP contribution in [-0.2, 0) is 4.74 Å². The Hall–Kier alpha value is -1.91. The summed E-state index contributed by atoms with van der Waals surface area (Å²) in [7, 11) is 0. The van der Waals surface area contributed by atoms with Crippen molar-refractivity contribution in [1.29, 1.82) is 0 Å². The van der Waals surface area contributed by atoms with Crippen molar-refractivity contribution in [3.8, 4) is 0 Å². The lowest BCUT2D eigenvalue weighted by molar-refractivity contribution is 0.152. The Balaban J connectivity index is 2.63. The van der Waals surface area contributed by atoms with Crippen molar-refractivity contribution in [2.75, 3.05) is 6.61 Å². The summed E-state index contributed by atoms with van der Waals surface area (Å²) in [5, 5.41) is 3.81. The molecule has 1 N–H and O–H groups in total. The highest BCUT2D eigenvalue weighted by molar-refractivity contribution is 5.98. The Morgan fingerprint density at radius 2 is 2.06 bits per heavy atom. The maximum atomic E-state index is 12.6. The molecule has 1 amide bonds. The normalized spacial score (nSPS) is 11.1. The topological polar surface area (TPSA) is 50.7 Å². The van der Waals surface area contributed by atoms with E-state index in [1.165, 1.54) is 12.1 Å². The first-order valence-electron chi connectivity index (χ1n) is 4.86. The first kappa shape index (κ1) is 12.2. The van der Waals surface area contributed by atoms with Crippen molar-refractivity contribution < 1.29 is 13.9 Å². The molecule has 4 nitrogen and oxygen atoms in total. The van der Waals surface area contributed by atoms with Gasteiger partial charge in [0.1, 0.15) is 5.82 Å². The number of benzene rings is 1. The van der Waals surface area contributed by atoms with Crippen LogP contribution in [0, 0.1) is 5.82 Å². The third-order valence-corrected chi connectivity index (χ3v) is 1.85. The molecule has 0 aliphatic rings. The number of carbonyl (C=O) groups excluding carboxylic acids is 1. The summed E-state index contributed by atoms with van der Waals surface area (Å²) in [6.45, 7) is 3.70. The molecule has 0 aliphatic heterocycles. The third-order valence-electron chi connectivity index (χ3n) is 1.85. The van der Waals surface area contributed by atoms with Gasteiger partial charge in [-0.3, -0.25) is 0 Å². The molecule has 0 spiro atoms. The van der Waals surface area contributed by atoms with E-state index in [4.69, 9.17) is 0 Å². The molecular formula is C11H13FN2O2. The average Bonchev–Trinajstić information content (AvgIpc) is 2.27. The molecule has 86 valence electrons. The second kappa shape index (κ2) is 5.85. The van der Waals surface area contributed by atoms with Crippen LogP contribution in [0.1, 0.15) is 19.4 Å². The highest BCUT2D eigenvalue weighted by Gasteiger charge is 2.00. The SMILES string of the molecule is CCOC(=O)NN=C(C)c1ccc(F)cc1. The number of rotatable bonds is 3. The van der Waals surface area contributed by atoms with E-state index in [0.717, 1.165) is 5.56 Å². The fourth-order valence-electron chi connectivity index (χ4n) is 1.05. The summed E-state index contributed by atoms with van der Waals surface area (Å²) in [4.78, 5) is 10.9. The molecule has 0 bridgehead atoms. The van der Waals surface area contributed by atoms with Crippen molar-refractivity contribution in [1.82, 2.24) is 5.43 Å². The van der Waals surface area contributed by atoms with Crippen LogP contribution in [0.2, 0.25) is 0 Å². The number of nitrogens with zero attached hydrogens (tertiary/aromatic N) is 1. The van der Waals surface area contributed by atoms with Crippen LogP contribution in [0.4, 0.5) is 9.18 Å². The zero-order chi connectivity index (χ0) is 12.0. The zero-order valence-corrected chi connectivity index (χ0v) is 9.16. The first-order valence-corrected chi connectivity index (χ1v) is 4.86. The minimum Gasteiger partial charge on any atom is -0.449 e. The second-order valence-corrected chi connectivity index (χ2v) is 3.04. The Morgan fingerprint density at radius 3 is 2.62 bits per heavy atom. The predicted octanol–water partition coefficient (Wildman–Crippen LogP) is 2.30. The lowest BCUT2D eigenvalue weighted by atomic mass is 10.1. The van der Waals surface area contributed by atoms with Gasteiger partial charge < -0.3 is 4.74 Å². The average molecular weight is 224 g/mol. The molecule has 0 aromatic heterocycles. The minimum absolute atomic E-state index is 0.289. The molecule has 0 heterocycles. The monoisotopic (exact) mass is 224 g/mol. The predicted molar refractivity (Wildman–Crippen MR) is 58.8 cm³/mol. The highest BCUT2D eigenvalue weighted by atomic mass is 19.1. The zero-order valence-electron chi connectivity index (χ0n) is 9.16. The van der Waals surface area contributed by atoms with E-state index in [1.54, 1.807) is 26.0 Å². The Bertz CT molecular complexity index is 387. The van der Waals surface area contributed by atoms with Crippen molar-refractivity contribution in [2.24, 2.45) is 5.10 Å². The van der Waals surface area contributed by atoms with E-state index in [-0.39, 0.29) is 12.4 Å².